The molecule has 0 heterocycles. The quantitative estimate of drug-likeness (QED) is 0.165. The standard InChI is InChI=1S/C24H25F6NO2/c25-23(26,27)18-12-17(13-19(15-18)24(28,29)30)22(33)11-5-3-1-2-4-9-20(32)14-16-8-6-7-10-21(16)31/h6-8,10,12-13,15H,1-5,9,11,14,31H2. The van der Waals surface area contributed by atoms with E-state index in [9.17, 15) is 35.9 Å². The molecule has 0 fully saturated rings. The molecule has 9 heteroatoms. The number of alkyl halides is 6. The number of nitrogens with two attached hydrogens (primary N) is 1. The molecule has 2 N–H and O–H groups in total. The molecule has 0 saturated heterocycles. The molecule has 180 valence electrons. The number of unbranched alkanes of at least 4 members (excludes halogenated alkanes) is 4. The van der Waals surface area contributed by atoms with E-state index in [-0.39, 0.29) is 24.7 Å². The van der Waals surface area contributed by atoms with Crippen molar-refractivity contribution in [3.8, 4) is 0 Å². The highest BCUT2D eigenvalue weighted by Gasteiger charge is 2.37. The summed E-state index contributed by atoms with van der Waals surface area (Å²) in [6.07, 6.45) is -6.47. The van der Waals surface area contributed by atoms with Crippen LogP contribution in [0.2, 0.25) is 0 Å². The van der Waals surface area contributed by atoms with Crippen LogP contribution in [0.3, 0.4) is 0 Å². The molecule has 0 aliphatic carbocycles. The van der Waals surface area contributed by atoms with Crippen LogP contribution in [0.15, 0.2) is 42.5 Å². The van der Waals surface area contributed by atoms with E-state index in [0.29, 0.717) is 49.9 Å². The topological polar surface area (TPSA) is 60.2 Å². The molecule has 2 rings (SSSR count). The largest absolute Gasteiger partial charge is 0.416 e. The summed E-state index contributed by atoms with van der Waals surface area (Å²) in [6.45, 7) is 0. The zero-order chi connectivity index (χ0) is 24.6. The molecule has 0 aromatic heterocycles. The first-order valence-corrected chi connectivity index (χ1v) is 10.6. The summed E-state index contributed by atoms with van der Waals surface area (Å²) in [5, 5.41) is 0. The number of hydrogen-bond acceptors (Lipinski definition) is 3. The number of Topliss-reactive ketones (excluding diaryl/α,β-unsaturated/α-hetero) is 2. The third kappa shape index (κ3) is 8.55. The van der Waals surface area contributed by atoms with Gasteiger partial charge in [-0.05, 0) is 42.7 Å². The van der Waals surface area contributed by atoms with Gasteiger partial charge in [-0.3, -0.25) is 9.59 Å². The lowest BCUT2D eigenvalue weighted by Gasteiger charge is -2.13. The Morgan fingerprint density at radius 1 is 0.727 bits per heavy atom. The fourth-order valence-electron chi connectivity index (χ4n) is 3.39. The minimum Gasteiger partial charge on any atom is -0.398 e. The van der Waals surface area contributed by atoms with Gasteiger partial charge < -0.3 is 5.73 Å². The van der Waals surface area contributed by atoms with Gasteiger partial charge in [0.05, 0.1) is 11.1 Å². The minimum absolute atomic E-state index is 0.00417. The Labute approximate surface area is 188 Å². The molecule has 33 heavy (non-hydrogen) atoms. The monoisotopic (exact) mass is 473 g/mol. The van der Waals surface area contributed by atoms with Gasteiger partial charge in [0.15, 0.2) is 5.78 Å². The van der Waals surface area contributed by atoms with Gasteiger partial charge in [-0.15, -0.1) is 0 Å². The van der Waals surface area contributed by atoms with Crippen LogP contribution < -0.4 is 5.73 Å². The van der Waals surface area contributed by atoms with E-state index in [4.69, 9.17) is 5.73 Å². The fourth-order valence-corrected chi connectivity index (χ4v) is 3.39. The number of carbonyl (C=O) groups excluding carboxylic acids is 2. The van der Waals surface area contributed by atoms with Crippen molar-refractivity contribution >= 4 is 17.3 Å². The number of rotatable bonds is 11. The Balaban J connectivity index is 1.76. The second kappa shape index (κ2) is 11.3. The van der Waals surface area contributed by atoms with Crippen LogP contribution in [0.25, 0.3) is 0 Å². The van der Waals surface area contributed by atoms with Crippen molar-refractivity contribution in [2.45, 2.75) is 63.7 Å². The fraction of sp³-hybridized carbons (Fsp3) is 0.417. The van der Waals surface area contributed by atoms with Gasteiger partial charge in [0.25, 0.3) is 0 Å². The number of carbonyl (C=O) groups is 2. The summed E-state index contributed by atoms with van der Waals surface area (Å²) in [7, 11) is 0. The van der Waals surface area contributed by atoms with Gasteiger partial charge in [0.1, 0.15) is 5.78 Å². The van der Waals surface area contributed by atoms with E-state index >= 15 is 0 Å². The van der Waals surface area contributed by atoms with Gasteiger partial charge >= 0.3 is 12.4 Å². The molecule has 0 amide bonds. The second-order valence-corrected chi connectivity index (χ2v) is 7.90. The average Bonchev–Trinajstić information content (AvgIpc) is 2.73. The third-order valence-corrected chi connectivity index (χ3v) is 5.21. The predicted octanol–water partition coefficient (Wildman–Crippen LogP) is 7.03. The lowest BCUT2D eigenvalue weighted by Crippen LogP contribution is -2.13. The van der Waals surface area contributed by atoms with Gasteiger partial charge in [-0.2, -0.15) is 26.3 Å². The van der Waals surface area contributed by atoms with Gasteiger partial charge in [0, 0.05) is 30.5 Å². The van der Waals surface area contributed by atoms with Crippen molar-refractivity contribution in [2.75, 3.05) is 5.73 Å². The van der Waals surface area contributed by atoms with E-state index < -0.39 is 34.8 Å². The summed E-state index contributed by atoms with van der Waals surface area (Å²) in [5.41, 5.74) is 3.57. The Kier molecular flexibility index (Phi) is 9.07. The normalized spacial score (nSPS) is 12.1. The minimum atomic E-state index is -4.99. The van der Waals surface area contributed by atoms with E-state index in [2.05, 4.69) is 0 Å². The van der Waals surface area contributed by atoms with Gasteiger partial charge in [-0.25, -0.2) is 0 Å². The van der Waals surface area contributed by atoms with Crippen molar-refractivity contribution in [1.82, 2.24) is 0 Å². The van der Waals surface area contributed by atoms with Crippen LogP contribution >= 0.6 is 0 Å². The number of halogens is 6. The maximum atomic E-state index is 12.9. The molecule has 0 unspecified atom stereocenters. The Morgan fingerprint density at radius 2 is 1.24 bits per heavy atom. The second-order valence-electron chi connectivity index (χ2n) is 7.90. The molecule has 0 atom stereocenters. The summed E-state index contributed by atoms with van der Waals surface area (Å²) in [5.74, 6) is -0.699. The first-order chi connectivity index (χ1) is 15.4. The van der Waals surface area contributed by atoms with Crippen molar-refractivity contribution < 1.29 is 35.9 Å². The predicted molar refractivity (Wildman–Crippen MR) is 113 cm³/mol. The first-order valence-electron chi connectivity index (χ1n) is 10.6. The highest BCUT2D eigenvalue weighted by Crippen LogP contribution is 2.36. The molecule has 0 aliphatic rings. The van der Waals surface area contributed by atoms with Crippen LogP contribution in [0.1, 0.15) is 72.0 Å². The molecule has 3 nitrogen and oxygen atoms in total. The lowest BCUT2D eigenvalue weighted by molar-refractivity contribution is -0.143. The van der Waals surface area contributed by atoms with E-state index in [0.717, 1.165) is 12.0 Å². The molecule has 2 aromatic rings. The van der Waals surface area contributed by atoms with Gasteiger partial charge in [-0.1, -0.05) is 37.5 Å². The van der Waals surface area contributed by atoms with Crippen molar-refractivity contribution in [3.63, 3.8) is 0 Å². The molecular formula is C24H25F6NO2. The summed E-state index contributed by atoms with van der Waals surface area (Å²) in [6, 6.07) is 8.05. The van der Waals surface area contributed by atoms with Crippen molar-refractivity contribution in [1.29, 1.82) is 0 Å². The Hall–Kier alpha value is -2.84. The zero-order valence-electron chi connectivity index (χ0n) is 17.9. The van der Waals surface area contributed by atoms with Crippen LogP contribution in [0.5, 0.6) is 0 Å². The average molecular weight is 473 g/mol. The van der Waals surface area contributed by atoms with E-state index in [1.807, 2.05) is 6.07 Å². The third-order valence-electron chi connectivity index (χ3n) is 5.21. The number of anilines is 1. The highest BCUT2D eigenvalue weighted by atomic mass is 19.4. The highest BCUT2D eigenvalue weighted by molar-refractivity contribution is 5.96. The molecular weight excluding hydrogens is 448 g/mol. The summed E-state index contributed by atoms with van der Waals surface area (Å²) in [4.78, 5) is 24.2. The van der Waals surface area contributed by atoms with E-state index in [1.54, 1.807) is 18.2 Å². The summed E-state index contributed by atoms with van der Waals surface area (Å²) >= 11 is 0. The maximum Gasteiger partial charge on any atom is 0.416 e. The molecule has 2 aromatic carbocycles. The zero-order valence-corrected chi connectivity index (χ0v) is 17.9. The molecule has 0 radical (unpaired) electrons. The molecule has 0 spiro atoms. The number of hydrogen-bond donors (Lipinski definition) is 1. The molecule has 0 bridgehead atoms. The lowest BCUT2D eigenvalue weighted by atomic mass is 9.98. The number of ketones is 2. The number of para-hydroxylation sites is 1. The smallest absolute Gasteiger partial charge is 0.398 e. The molecule has 0 aliphatic heterocycles. The Morgan fingerprint density at radius 3 is 1.79 bits per heavy atom. The van der Waals surface area contributed by atoms with Gasteiger partial charge in [0.2, 0.25) is 0 Å². The number of benzene rings is 2. The molecule has 0 saturated carbocycles. The number of nitrogen functional groups attached to an aromatic ring is 1. The maximum absolute atomic E-state index is 12.9. The van der Waals surface area contributed by atoms with Crippen LogP contribution in [-0.2, 0) is 23.6 Å². The Bertz CT molecular complexity index is 934. The van der Waals surface area contributed by atoms with E-state index in [1.165, 1.54) is 0 Å². The van der Waals surface area contributed by atoms with Crippen LogP contribution in [-0.4, -0.2) is 11.6 Å². The SMILES string of the molecule is Nc1ccccc1CC(=O)CCCCCCCC(=O)c1cc(C(F)(F)F)cc(C(F)(F)F)c1. The first kappa shape index (κ1) is 26.4. The van der Waals surface area contributed by atoms with Crippen molar-refractivity contribution in [2.24, 2.45) is 0 Å². The van der Waals surface area contributed by atoms with Crippen LogP contribution in [0, 0.1) is 0 Å². The van der Waals surface area contributed by atoms with Crippen molar-refractivity contribution in [3.05, 3.63) is 64.7 Å². The van der Waals surface area contributed by atoms with Crippen LogP contribution in [0.4, 0.5) is 32.0 Å². The summed E-state index contributed by atoms with van der Waals surface area (Å²) < 4.78 is 77.5.